The molecular formula is C15H25N3O3S. The van der Waals surface area contributed by atoms with Crippen molar-refractivity contribution in [3.05, 3.63) is 29.8 Å². The lowest BCUT2D eigenvalue weighted by molar-refractivity contribution is -0.178. The maximum Gasteiger partial charge on any atom is 0.251 e. The number of hydrazine groups is 1. The first-order chi connectivity index (χ1) is 10.3. The third-order valence-electron chi connectivity index (χ3n) is 2.52. The minimum atomic E-state index is -1.15. The SMILES string of the molecule is CSCCNC(=O)c1cccc(NNC(O)OC(C)(C)C)c1. The van der Waals surface area contributed by atoms with E-state index in [0.29, 0.717) is 17.8 Å². The average Bonchev–Trinajstić information content (AvgIpc) is 2.44. The van der Waals surface area contributed by atoms with E-state index in [0.717, 1.165) is 5.75 Å². The number of ether oxygens (including phenoxy) is 1. The number of anilines is 1. The molecule has 124 valence electrons. The topological polar surface area (TPSA) is 82.6 Å². The van der Waals surface area contributed by atoms with Crippen LogP contribution in [0.15, 0.2) is 24.3 Å². The third kappa shape index (κ3) is 7.65. The van der Waals surface area contributed by atoms with E-state index in [1.807, 2.05) is 27.0 Å². The Hall–Kier alpha value is -1.28. The van der Waals surface area contributed by atoms with Crippen molar-refractivity contribution in [2.75, 3.05) is 24.0 Å². The van der Waals surface area contributed by atoms with Gasteiger partial charge >= 0.3 is 0 Å². The number of carbonyl (C=O) groups is 1. The van der Waals surface area contributed by atoms with Gasteiger partial charge in [-0.2, -0.15) is 17.2 Å². The summed E-state index contributed by atoms with van der Waals surface area (Å²) in [5, 5.41) is 12.5. The summed E-state index contributed by atoms with van der Waals surface area (Å²) in [6.45, 7) is 6.17. The summed E-state index contributed by atoms with van der Waals surface area (Å²) in [6, 6.07) is 6.99. The Morgan fingerprint density at radius 2 is 2.14 bits per heavy atom. The van der Waals surface area contributed by atoms with Crippen LogP contribution in [0.4, 0.5) is 5.69 Å². The number of aliphatic hydroxyl groups excluding tert-OH is 1. The molecule has 0 aromatic heterocycles. The van der Waals surface area contributed by atoms with Gasteiger partial charge in [0.15, 0.2) is 0 Å². The van der Waals surface area contributed by atoms with E-state index >= 15 is 0 Å². The first-order valence-corrected chi connectivity index (χ1v) is 8.46. The Morgan fingerprint density at radius 3 is 2.77 bits per heavy atom. The summed E-state index contributed by atoms with van der Waals surface area (Å²) in [4.78, 5) is 12.0. The predicted octanol–water partition coefficient (Wildman–Crippen LogP) is 1.79. The van der Waals surface area contributed by atoms with Crippen LogP contribution in [0.5, 0.6) is 0 Å². The molecule has 0 saturated heterocycles. The van der Waals surface area contributed by atoms with E-state index in [1.54, 1.807) is 36.0 Å². The van der Waals surface area contributed by atoms with Crippen LogP contribution in [-0.4, -0.2) is 41.6 Å². The monoisotopic (exact) mass is 327 g/mol. The van der Waals surface area contributed by atoms with Crippen molar-refractivity contribution < 1.29 is 14.6 Å². The largest absolute Gasteiger partial charge is 0.355 e. The highest BCUT2D eigenvalue weighted by atomic mass is 32.2. The van der Waals surface area contributed by atoms with Gasteiger partial charge < -0.3 is 20.6 Å². The minimum Gasteiger partial charge on any atom is -0.355 e. The van der Waals surface area contributed by atoms with Gasteiger partial charge in [0.1, 0.15) is 0 Å². The molecule has 0 saturated carbocycles. The highest BCUT2D eigenvalue weighted by Crippen LogP contribution is 2.11. The van der Waals surface area contributed by atoms with Crippen LogP contribution < -0.4 is 16.2 Å². The molecule has 1 rings (SSSR count). The second-order valence-corrected chi connectivity index (χ2v) is 6.67. The molecule has 0 fully saturated rings. The molecule has 1 atom stereocenters. The van der Waals surface area contributed by atoms with E-state index in [9.17, 15) is 9.90 Å². The van der Waals surface area contributed by atoms with Crippen LogP contribution in [0.25, 0.3) is 0 Å². The van der Waals surface area contributed by atoms with Crippen LogP contribution in [0, 0.1) is 0 Å². The molecular weight excluding hydrogens is 302 g/mol. The van der Waals surface area contributed by atoms with Crippen LogP contribution in [0.2, 0.25) is 0 Å². The predicted molar refractivity (Wildman–Crippen MR) is 90.8 cm³/mol. The van der Waals surface area contributed by atoms with Gasteiger partial charge in [0.2, 0.25) is 6.41 Å². The van der Waals surface area contributed by atoms with Gasteiger partial charge in [-0.3, -0.25) is 4.79 Å². The molecule has 0 bridgehead atoms. The summed E-state index contributed by atoms with van der Waals surface area (Å²) in [5.41, 5.74) is 6.19. The molecule has 0 aliphatic carbocycles. The van der Waals surface area contributed by atoms with Gasteiger partial charge in [-0.15, -0.1) is 0 Å². The number of nitrogens with one attached hydrogen (secondary N) is 3. The Morgan fingerprint density at radius 1 is 1.41 bits per heavy atom. The van der Waals surface area contributed by atoms with E-state index in [-0.39, 0.29) is 5.91 Å². The van der Waals surface area contributed by atoms with Crippen molar-refractivity contribution in [2.45, 2.75) is 32.8 Å². The quantitative estimate of drug-likeness (QED) is 0.331. The second-order valence-electron chi connectivity index (χ2n) is 5.68. The van der Waals surface area contributed by atoms with E-state index < -0.39 is 12.0 Å². The van der Waals surface area contributed by atoms with Crippen molar-refractivity contribution >= 4 is 23.4 Å². The Balaban J connectivity index is 2.52. The highest BCUT2D eigenvalue weighted by molar-refractivity contribution is 7.98. The van der Waals surface area contributed by atoms with Crippen LogP contribution in [-0.2, 0) is 4.74 Å². The van der Waals surface area contributed by atoms with Gasteiger partial charge in [-0.1, -0.05) is 6.07 Å². The zero-order valence-electron chi connectivity index (χ0n) is 13.5. The van der Waals surface area contributed by atoms with Gasteiger partial charge in [-0.25, -0.2) is 0 Å². The molecule has 6 nitrogen and oxygen atoms in total. The van der Waals surface area contributed by atoms with Gasteiger partial charge in [0.05, 0.1) is 5.60 Å². The average molecular weight is 327 g/mol. The van der Waals surface area contributed by atoms with Crippen LogP contribution >= 0.6 is 11.8 Å². The summed E-state index contributed by atoms with van der Waals surface area (Å²) < 4.78 is 5.30. The van der Waals surface area contributed by atoms with Crippen molar-refractivity contribution in [1.82, 2.24) is 10.7 Å². The fourth-order valence-electron chi connectivity index (χ4n) is 1.62. The maximum absolute atomic E-state index is 12.0. The molecule has 4 N–H and O–H groups in total. The number of rotatable bonds is 8. The lowest BCUT2D eigenvalue weighted by Gasteiger charge is -2.24. The standard InChI is InChI=1S/C15H25N3O3S/c1-15(2,3)21-14(20)18-17-12-7-5-6-11(10-12)13(19)16-8-9-22-4/h5-7,10,14,17-18,20H,8-9H2,1-4H3,(H,16,19). The number of aliphatic hydroxyl groups is 1. The molecule has 0 aliphatic rings. The van der Waals surface area contributed by atoms with Crippen molar-refractivity contribution in [3.8, 4) is 0 Å². The maximum atomic E-state index is 12.0. The zero-order chi connectivity index (χ0) is 16.6. The second kappa shape index (κ2) is 8.99. The first kappa shape index (κ1) is 18.8. The van der Waals surface area contributed by atoms with Crippen LogP contribution in [0.1, 0.15) is 31.1 Å². The number of thioether (sulfide) groups is 1. The Kier molecular flexibility index (Phi) is 7.67. The third-order valence-corrected chi connectivity index (χ3v) is 3.13. The summed E-state index contributed by atoms with van der Waals surface area (Å²) >= 11 is 1.68. The summed E-state index contributed by atoms with van der Waals surface area (Å²) in [7, 11) is 0. The number of carbonyl (C=O) groups excluding carboxylic acids is 1. The van der Waals surface area contributed by atoms with Crippen molar-refractivity contribution in [3.63, 3.8) is 0 Å². The molecule has 22 heavy (non-hydrogen) atoms. The molecule has 1 amide bonds. The lowest BCUT2D eigenvalue weighted by Crippen LogP contribution is -2.41. The first-order valence-electron chi connectivity index (χ1n) is 7.06. The smallest absolute Gasteiger partial charge is 0.251 e. The number of hydrogen-bond acceptors (Lipinski definition) is 6. The summed E-state index contributed by atoms with van der Waals surface area (Å²) in [5.74, 6) is 0.755. The Bertz CT molecular complexity index is 477. The van der Waals surface area contributed by atoms with Crippen LogP contribution in [0.3, 0.4) is 0 Å². The molecule has 0 heterocycles. The van der Waals surface area contributed by atoms with Gasteiger partial charge in [0, 0.05) is 23.5 Å². The fourth-order valence-corrected chi connectivity index (χ4v) is 1.92. The fraction of sp³-hybridized carbons (Fsp3) is 0.533. The zero-order valence-corrected chi connectivity index (χ0v) is 14.3. The number of hydrogen-bond donors (Lipinski definition) is 4. The number of benzene rings is 1. The molecule has 7 heteroatoms. The molecule has 1 aromatic carbocycles. The molecule has 0 aliphatic heterocycles. The van der Waals surface area contributed by atoms with E-state index in [4.69, 9.17) is 4.74 Å². The van der Waals surface area contributed by atoms with Crippen molar-refractivity contribution in [1.29, 1.82) is 0 Å². The highest BCUT2D eigenvalue weighted by Gasteiger charge is 2.16. The number of amides is 1. The molecule has 1 unspecified atom stereocenters. The molecule has 0 spiro atoms. The molecule has 1 aromatic rings. The van der Waals surface area contributed by atoms with Crippen molar-refractivity contribution in [2.24, 2.45) is 0 Å². The minimum absolute atomic E-state index is 0.121. The van der Waals surface area contributed by atoms with Gasteiger partial charge in [0.25, 0.3) is 5.91 Å². The summed E-state index contributed by atoms with van der Waals surface area (Å²) in [6.07, 6.45) is 0.840. The van der Waals surface area contributed by atoms with E-state index in [1.165, 1.54) is 0 Å². The molecule has 0 radical (unpaired) electrons. The lowest BCUT2D eigenvalue weighted by atomic mass is 10.2. The van der Waals surface area contributed by atoms with E-state index in [2.05, 4.69) is 16.2 Å². The Labute approximate surface area is 136 Å². The van der Waals surface area contributed by atoms with Gasteiger partial charge in [-0.05, 0) is 45.2 Å². The normalized spacial score (nSPS) is 12.8.